The molecule has 0 saturated heterocycles. The van der Waals surface area contributed by atoms with E-state index < -0.39 is 29.2 Å². The molecule has 154 valence electrons. The highest BCUT2D eigenvalue weighted by atomic mass is 19.1. The van der Waals surface area contributed by atoms with Gasteiger partial charge in [0, 0.05) is 12.4 Å². The molecule has 0 fully saturated rings. The van der Waals surface area contributed by atoms with Crippen LogP contribution in [-0.4, -0.2) is 37.3 Å². The Morgan fingerprint density at radius 1 is 1.13 bits per heavy atom. The van der Waals surface area contributed by atoms with E-state index in [-0.39, 0.29) is 34.7 Å². The molecule has 7 nitrogen and oxygen atoms in total. The van der Waals surface area contributed by atoms with Gasteiger partial charge >= 0.3 is 6.09 Å². The molecule has 1 aromatic carbocycles. The minimum Gasteiger partial charge on any atom is -0.443 e. The van der Waals surface area contributed by atoms with Crippen LogP contribution in [0.15, 0.2) is 42.7 Å². The van der Waals surface area contributed by atoms with Crippen molar-refractivity contribution in [2.45, 2.75) is 32.9 Å². The van der Waals surface area contributed by atoms with Crippen LogP contribution in [0.1, 0.15) is 36.8 Å². The number of carbonyl (C=O) groups is 2. The lowest BCUT2D eigenvalue weighted by atomic mass is 10.1. The zero-order chi connectivity index (χ0) is 21.6. The lowest BCUT2D eigenvalue weighted by Gasteiger charge is -2.23. The van der Waals surface area contributed by atoms with Gasteiger partial charge in [-0.25, -0.2) is 28.1 Å². The van der Waals surface area contributed by atoms with Gasteiger partial charge in [-0.3, -0.25) is 4.79 Å². The summed E-state index contributed by atoms with van der Waals surface area (Å²) in [6.45, 7) is 4.88. The molecule has 0 unspecified atom stereocenters. The highest BCUT2D eigenvalue weighted by Crippen LogP contribution is 2.33. The number of hydrogen-bond donors (Lipinski definition) is 0. The number of pyridine rings is 1. The lowest BCUT2D eigenvalue weighted by Crippen LogP contribution is -2.37. The van der Waals surface area contributed by atoms with E-state index in [0.717, 1.165) is 17.0 Å². The number of halogens is 2. The van der Waals surface area contributed by atoms with Crippen molar-refractivity contribution in [1.82, 2.24) is 19.7 Å². The van der Waals surface area contributed by atoms with Crippen LogP contribution >= 0.6 is 0 Å². The second kappa shape index (κ2) is 7.01. The molecule has 0 N–H and O–H groups in total. The quantitative estimate of drug-likeness (QED) is 0.633. The summed E-state index contributed by atoms with van der Waals surface area (Å²) in [7, 11) is 0. The minimum atomic E-state index is -0.824. The third kappa shape index (κ3) is 3.42. The molecule has 30 heavy (non-hydrogen) atoms. The average molecular weight is 412 g/mol. The molecule has 2 aromatic heterocycles. The van der Waals surface area contributed by atoms with Crippen LogP contribution in [0.5, 0.6) is 0 Å². The third-order valence-electron chi connectivity index (χ3n) is 4.42. The maximum absolute atomic E-state index is 14.4. The van der Waals surface area contributed by atoms with E-state index in [1.807, 2.05) is 0 Å². The number of aromatic nitrogens is 3. The van der Waals surface area contributed by atoms with Gasteiger partial charge in [0.1, 0.15) is 17.2 Å². The second-order valence-electron chi connectivity index (χ2n) is 7.77. The van der Waals surface area contributed by atoms with Crippen LogP contribution in [0.3, 0.4) is 0 Å². The number of rotatable bonds is 2. The van der Waals surface area contributed by atoms with Crippen molar-refractivity contribution < 1.29 is 23.1 Å². The molecule has 2 amide bonds. The van der Waals surface area contributed by atoms with Gasteiger partial charge in [0.05, 0.1) is 34.7 Å². The fraction of sp³-hybridized carbons (Fsp3) is 0.238. The maximum Gasteiger partial charge on any atom is 0.417 e. The van der Waals surface area contributed by atoms with Gasteiger partial charge in [0.2, 0.25) is 0 Å². The Morgan fingerprint density at radius 3 is 2.43 bits per heavy atom. The molecule has 3 heterocycles. The number of imide groups is 1. The number of hydrogen-bond acceptors (Lipinski definition) is 5. The smallest absolute Gasteiger partial charge is 0.417 e. The van der Waals surface area contributed by atoms with E-state index >= 15 is 0 Å². The molecule has 0 spiro atoms. The fourth-order valence-corrected chi connectivity index (χ4v) is 3.21. The number of nitrogens with zero attached hydrogens (tertiary/aromatic N) is 4. The molecule has 0 aliphatic carbocycles. The zero-order valence-corrected chi connectivity index (χ0v) is 16.5. The largest absolute Gasteiger partial charge is 0.443 e. The van der Waals surface area contributed by atoms with Gasteiger partial charge in [-0.1, -0.05) is 6.07 Å². The molecular formula is C21H18F2N4O3. The van der Waals surface area contributed by atoms with E-state index in [4.69, 9.17) is 4.74 Å². The summed E-state index contributed by atoms with van der Waals surface area (Å²) in [5.41, 5.74) is -0.530. The van der Waals surface area contributed by atoms with E-state index in [9.17, 15) is 18.4 Å². The summed E-state index contributed by atoms with van der Waals surface area (Å²) < 4.78 is 35.4. The molecule has 0 bridgehead atoms. The number of benzene rings is 1. The molecule has 3 aromatic rings. The Hall–Kier alpha value is -3.62. The third-order valence-corrected chi connectivity index (χ3v) is 4.42. The Labute approximate surface area is 170 Å². The molecule has 1 aliphatic heterocycles. The van der Waals surface area contributed by atoms with Crippen molar-refractivity contribution in [1.29, 1.82) is 0 Å². The summed E-state index contributed by atoms with van der Waals surface area (Å²) >= 11 is 0. The number of carbonyl (C=O) groups excluding carboxylic acids is 2. The van der Waals surface area contributed by atoms with Crippen molar-refractivity contribution >= 4 is 12.0 Å². The van der Waals surface area contributed by atoms with Crippen molar-refractivity contribution in [3.63, 3.8) is 0 Å². The first-order valence-corrected chi connectivity index (χ1v) is 9.19. The van der Waals surface area contributed by atoms with Crippen LogP contribution in [0.25, 0.3) is 16.9 Å². The van der Waals surface area contributed by atoms with E-state index in [1.165, 1.54) is 23.0 Å². The normalized spacial score (nSPS) is 13.5. The highest BCUT2D eigenvalue weighted by Gasteiger charge is 2.39. The summed E-state index contributed by atoms with van der Waals surface area (Å²) in [6, 6.07) is 6.52. The first kappa shape index (κ1) is 19.7. The number of fused-ring (bicyclic) bond motifs is 1. The lowest BCUT2D eigenvalue weighted by molar-refractivity contribution is 0.0247. The molecule has 4 rings (SSSR count). The fourth-order valence-electron chi connectivity index (χ4n) is 3.21. The molecule has 9 heteroatoms. The SMILES string of the molecule is CC(C)(C)OC(=O)N1Cc2nc(-c3c(F)cccc3F)cc(-n3cccn3)c2C1=O. The van der Waals surface area contributed by atoms with Gasteiger partial charge in [0.25, 0.3) is 5.91 Å². The minimum absolute atomic E-state index is 0.00584. The van der Waals surface area contributed by atoms with Crippen LogP contribution in [0.4, 0.5) is 13.6 Å². The van der Waals surface area contributed by atoms with Crippen molar-refractivity contribution in [2.24, 2.45) is 0 Å². The van der Waals surface area contributed by atoms with Crippen molar-refractivity contribution in [3.05, 3.63) is 65.6 Å². The van der Waals surface area contributed by atoms with Gasteiger partial charge in [-0.15, -0.1) is 0 Å². The highest BCUT2D eigenvalue weighted by molar-refractivity contribution is 6.08. The first-order valence-electron chi connectivity index (χ1n) is 9.19. The molecule has 0 radical (unpaired) electrons. The van der Waals surface area contributed by atoms with Crippen molar-refractivity contribution in [2.75, 3.05) is 0 Å². The van der Waals surface area contributed by atoms with Crippen LogP contribution in [0.2, 0.25) is 0 Å². The Morgan fingerprint density at radius 2 is 1.83 bits per heavy atom. The monoisotopic (exact) mass is 412 g/mol. The Bertz CT molecular complexity index is 1130. The van der Waals surface area contributed by atoms with Crippen molar-refractivity contribution in [3.8, 4) is 16.9 Å². The predicted octanol–water partition coefficient (Wildman–Crippen LogP) is 4.10. The second-order valence-corrected chi connectivity index (χ2v) is 7.77. The van der Waals surface area contributed by atoms with Gasteiger partial charge in [-0.2, -0.15) is 5.10 Å². The van der Waals surface area contributed by atoms with Crippen LogP contribution < -0.4 is 0 Å². The molecule has 0 atom stereocenters. The molecular weight excluding hydrogens is 394 g/mol. The predicted molar refractivity (Wildman–Crippen MR) is 103 cm³/mol. The first-order chi connectivity index (χ1) is 14.2. The van der Waals surface area contributed by atoms with E-state index in [0.29, 0.717) is 0 Å². The van der Waals surface area contributed by atoms with Gasteiger partial charge in [-0.05, 0) is 45.0 Å². The maximum atomic E-state index is 14.4. The Kier molecular flexibility index (Phi) is 4.60. The molecule has 1 aliphatic rings. The van der Waals surface area contributed by atoms with Gasteiger partial charge in [0.15, 0.2) is 0 Å². The number of ether oxygens (including phenoxy) is 1. The Balaban J connectivity index is 1.86. The zero-order valence-electron chi connectivity index (χ0n) is 16.5. The summed E-state index contributed by atoms with van der Waals surface area (Å²) in [5.74, 6) is -2.19. The summed E-state index contributed by atoms with van der Waals surface area (Å²) in [5, 5.41) is 4.12. The standard InChI is InChI=1S/C21H18F2N4O3/c1-21(2,3)30-20(29)26-11-15-18(19(26)28)16(27-9-5-8-24-27)10-14(25-15)17-12(22)6-4-7-13(17)23/h4-10H,11H2,1-3H3. The van der Waals surface area contributed by atoms with Crippen LogP contribution in [0, 0.1) is 11.6 Å². The summed E-state index contributed by atoms with van der Waals surface area (Å²) in [4.78, 5) is 30.7. The topological polar surface area (TPSA) is 77.3 Å². The molecule has 0 saturated carbocycles. The van der Waals surface area contributed by atoms with E-state index in [1.54, 1.807) is 33.0 Å². The van der Waals surface area contributed by atoms with Crippen LogP contribution in [-0.2, 0) is 11.3 Å². The van der Waals surface area contributed by atoms with Gasteiger partial charge < -0.3 is 4.74 Å². The number of amides is 2. The van der Waals surface area contributed by atoms with E-state index in [2.05, 4.69) is 10.1 Å². The average Bonchev–Trinajstić information content (AvgIpc) is 3.28. The summed E-state index contributed by atoms with van der Waals surface area (Å²) in [6.07, 6.45) is 2.26.